The molecule has 1 aliphatic heterocycles. The predicted molar refractivity (Wildman–Crippen MR) is 92.3 cm³/mol. The van der Waals surface area contributed by atoms with E-state index in [1.54, 1.807) is 0 Å². The summed E-state index contributed by atoms with van der Waals surface area (Å²) in [5.41, 5.74) is 0.779. The summed E-state index contributed by atoms with van der Waals surface area (Å²) in [5, 5.41) is 10.4. The minimum Gasteiger partial charge on any atom is -0.464 e. The second-order valence-corrected chi connectivity index (χ2v) is 6.81. The van der Waals surface area contributed by atoms with E-state index in [0.29, 0.717) is 12.5 Å². The van der Waals surface area contributed by atoms with Crippen molar-refractivity contribution >= 4 is 5.91 Å². The van der Waals surface area contributed by atoms with Crippen LogP contribution >= 0.6 is 0 Å². The molecule has 1 saturated heterocycles. The number of aryl methyl sites for hydroxylation is 1. The topological polar surface area (TPSA) is 53.7 Å². The van der Waals surface area contributed by atoms with Crippen molar-refractivity contribution in [3.05, 3.63) is 59.5 Å². The van der Waals surface area contributed by atoms with Gasteiger partial charge in [0.05, 0.1) is 18.6 Å². The van der Waals surface area contributed by atoms with Gasteiger partial charge in [0.15, 0.2) is 0 Å². The van der Waals surface area contributed by atoms with Crippen LogP contribution in [0, 0.1) is 12.8 Å². The normalized spacial score (nSPS) is 22.4. The van der Waals surface area contributed by atoms with Gasteiger partial charge in [0, 0.05) is 6.54 Å². The van der Waals surface area contributed by atoms with Gasteiger partial charge in [0.2, 0.25) is 5.91 Å². The fraction of sp³-hybridized carbons (Fsp3) is 0.450. The van der Waals surface area contributed by atoms with E-state index >= 15 is 0 Å². The van der Waals surface area contributed by atoms with Crippen molar-refractivity contribution in [3.63, 3.8) is 0 Å². The lowest BCUT2D eigenvalue weighted by Crippen LogP contribution is -2.41. The summed E-state index contributed by atoms with van der Waals surface area (Å²) >= 11 is 0. The SMILES string of the molecule is Cc1ccc(C2CC(C)CCN2C(=O)CC(O)c2ccccc2)o1. The van der Waals surface area contributed by atoms with Gasteiger partial charge in [-0.1, -0.05) is 37.3 Å². The van der Waals surface area contributed by atoms with Crippen LogP contribution in [0.1, 0.15) is 55.4 Å². The molecular formula is C20H25NO3. The van der Waals surface area contributed by atoms with Gasteiger partial charge in [-0.15, -0.1) is 0 Å². The van der Waals surface area contributed by atoms with Crippen LogP contribution in [0.3, 0.4) is 0 Å². The van der Waals surface area contributed by atoms with E-state index in [-0.39, 0.29) is 18.4 Å². The fourth-order valence-corrected chi connectivity index (χ4v) is 3.42. The molecule has 1 aromatic carbocycles. The Hall–Kier alpha value is -2.07. The van der Waals surface area contributed by atoms with Gasteiger partial charge in [0.1, 0.15) is 11.5 Å². The van der Waals surface area contributed by atoms with Crippen molar-refractivity contribution < 1.29 is 14.3 Å². The average Bonchev–Trinajstić information content (AvgIpc) is 3.01. The van der Waals surface area contributed by atoms with E-state index < -0.39 is 6.10 Å². The first-order chi connectivity index (χ1) is 11.5. The summed E-state index contributed by atoms with van der Waals surface area (Å²) in [6.07, 6.45) is 1.23. The second-order valence-electron chi connectivity index (χ2n) is 6.81. The van der Waals surface area contributed by atoms with Crippen LogP contribution in [-0.4, -0.2) is 22.5 Å². The second kappa shape index (κ2) is 7.22. The summed E-state index contributed by atoms with van der Waals surface area (Å²) in [6, 6.07) is 13.2. The highest BCUT2D eigenvalue weighted by Crippen LogP contribution is 2.36. The molecular weight excluding hydrogens is 302 g/mol. The standard InChI is InChI=1S/C20H25NO3/c1-14-10-11-21(17(12-14)19-9-8-15(2)24-19)20(23)13-18(22)16-6-4-3-5-7-16/h3-9,14,17-18,22H,10-13H2,1-2H3. The lowest BCUT2D eigenvalue weighted by Gasteiger charge is -2.38. The monoisotopic (exact) mass is 327 g/mol. The number of furan rings is 1. The summed E-state index contributed by atoms with van der Waals surface area (Å²) in [5.74, 6) is 2.25. The molecule has 1 aromatic heterocycles. The van der Waals surface area contributed by atoms with Crippen LogP contribution in [-0.2, 0) is 4.79 Å². The zero-order valence-electron chi connectivity index (χ0n) is 14.3. The number of amides is 1. The van der Waals surface area contributed by atoms with E-state index in [1.807, 2.05) is 54.3 Å². The number of carbonyl (C=O) groups excluding carboxylic acids is 1. The van der Waals surface area contributed by atoms with Crippen molar-refractivity contribution in [2.75, 3.05) is 6.54 Å². The Morgan fingerprint density at radius 2 is 2.04 bits per heavy atom. The van der Waals surface area contributed by atoms with E-state index in [2.05, 4.69) is 6.92 Å². The third-order valence-corrected chi connectivity index (χ3v) is 4.83. The molecule has 2 aromatic rings. The molecule has 4 heteroatoms. The Bertz CT molecular complexity index is 679. The molecule has 0 aliphatic carbocycles. The molecule has 128 valence electrons. The zero-order valence-corrected chi connectivity index (χ0v) is 14.3. The molecule has 3 atom stereocenters. The maximum absolute atomic E-state index is 12.8. The third-order valence-electron chi connectivity index (χ3n) is 4.83. The van der Waals surface area contributed by atoms with E-state index in [0.717, 1.165) is 29.9 Å². The number of hydrogen-bond donors (Lipinski definition) is 1. The van der Waals surface area contributed by atoms with Crippen LogP contribution < -0.4 is 0 Å². The van der Waals surface area contributed by atoms with E-state index in [1.165, 1.54) is 0 Å². The van der Waals surface area contributed by atoms with Gasteiger partial charge in [-0.25, -0.2) is 0 Å². The van der Waals surface area contributed by atoms with Crippen molar-refractivity contribution in [2.45, 2.75) is 45.3 Å². The Labute approximate surface area is 143 Å². The van der Waals surface area contributed by atoms with Crippen molar-refractivity contribution in [2.24, 2.45) is 5.92 Å². The smallest absolute Gasteiger partial charge is 0.226 e. The molecule has 1 N–H and O–H groups in total. The lowest BCUT2D eigenvalue weighted by atomic mass is 9.90. The fourth-order valence-electron chi connectivity index (χ4n) is 3.42. The van der Waals surface area contributed by atoms with Crippen molar-refractivity contribution in [3.8, 4) is 0 Å². The van der Waals surface area contributed by atoms with E-state index in [9.17, 15) is 9.90 Å². The molecule has 1 aliphatic rings. The third kappa shape index (κ3) is 3.70. The number of rotatable bonds is 4. The van der Waals surface area contributed by atoms with Gasteiger partial charge in [-0.3, -0.25) is 4.79 Å². The van der Waals surface area contributed by atoms with Crippen LogP contribution in [0.15, 0.2) is 46.9 Å². The molecule has 0 saturated carbocycles. The number of aliphatic hydroxyl groups is 1. The highest BCUT2D eigenvalue weighted by molar-refractivity contribution is 5.77. The maximum atomic E-state index is 12.8. The van der Waals surface area contributed by atoms with Gasteiger partial charge < -0.3 is 14.4 Å². The van der Waals surface area contributed by atoms with Crippen molar-refractivity contribution in [1.82, 2.24) is 4.90 Å². The molecule has 0 radical (unpaired) electrons. The molecule has 1 amide bonds. The Morgan fingerprint density at radius 1 is 1.29 bits per heavy atom. The zero-order chi connectivity index (χ0) is 17.1. The highest BCUT2D eigenvalue weighted by atomic mass is 16.3. The minimum atomic E-state index is -0.767. The number of benzene rings is 1. The Morgan fingerprint density at radius 3 is 2.71 bits per heavy atom. The summed E-state index contributed by atoms with van der Waals surface area (Å²) in [7, 11) is 0. The quantitative estimate of drug-likeness (QED) is 0.923. The maximum Gasteiger partial charge on any atom is 0.226 e. The molecule has 4 nitrogen and oxygen atoms in total. The number of aliphatic hydroxyl groups excluding tert-OH is 1. The van der Waals surface area contributed by atoms with Gasteiger partial charge >= 0.3 is 0 Å². The molecule has 24 heavy (non-hydrogen) atoms. The van der Waals surface area contributed by atoms with Gasteiger partial charge in [0.25, 0.3) is 0 Å². The predicted octanol–water partition coefficient (Wildman–Crippen LogP) is 4.01. The largest absolute Gasteiger partial charge is 0.464 e. The average molecular weight is 327 g/mol. The van der Waals surface area contributed by atoms with Crippen LogP contribution in [0.5, 0.6) is 0 Å². The molecule has 3 rings (SSSR count). The molecule has 0 bridgehead atoms. The van der Waals surface area contributed by atoms with Crippen LogP contribution in [0.4, 0.5) is 0 Å². The van der Waals surface area contributed by atoms with Crippen molar-refractivity contribution in [1.29, 1.82) is 0 Å². The van der Waals surface area contributed by atoms with Gasteiger partial charge in [-0.2, -0.15) is 0 Å². The summed E-state index contributed by atoms with van der Waals surface area (Å²) in [4.78, 5) is 14.7. The minimum absolute atomic E-state index is 0.0164. The van der Waals surface area contributed by atoms with Crippen LogP contribution in [0.2, 0.25) is 0 Å². The number of carbonyl (C=O) groups is 1. The Kier molecular flexibility index (Phi) is 5.05. The Balaban J connectivity index is 1.74. The lowest BCUT2D eigenvalue weighted by molar-refractivity contribution is -0.138. The molecule has 3 unspecified atom stereocenters. The summed E-state index contributed by atoms with van der Waals surface area (Å²) < 4.78 is 5.78. The molecule has 0 spiro atoms. The number of nitrogens with zero attached hydrogens (tertiary/aromatic N) is 1. The first-order valence-corrected chi connectivity index (χ1v) is 8.63. The number of likely N-dealkylation sites (tertiary alicyclic amines) is 1. The first kappa shape index (κ1) is 16.8. The molecule has 1 fully saturated rings. The van der Waals surface area contributed by atoms with Gasteiger partial charge in [-0.05, 0) is 43.4 Å². The first-order valence-electron chi connectivity index (χ1n) is 8.63. The highest BCUT2D eigenvalue weighted by Gasteiger charge is 2.33. The van der Waals surface area contributed by atoms with Crippen LogP contribution in [0.25, 0.3) is 0 Å². The summed E-state index contributed by atoms with van der Waals surface area (Å²) in [6.45, 7) is 4.84. The number of hydrogen-bond acceptors (Lipinski definition) is 3. The number of piperidine rings is 1. The molecule has 2 heterocycles. The van der Waals surface area contributed by atoms with E-state index in [4.69, 9.17) is 4.42 Å².